The van der Waals surface area contributed by atoms with Crippen LogP contribution in [0, 0.1) is 5.92 Å². The van der Waals surface area contributed by atoms with Crippen LogP contribution >= 0.6 is 0 Å². The largest absolute Gasteiger partial charge is 0.461 e. The van der Waals surface area contributed by atoms with Gasteiger partial charge in [-0.3, -0.25) is 5.32 Å². The Morgan fingerprint density at radius 3 is 1.82 bits per heavy atom. The maximum Gasteiger partial charge on any atom is 0.461 e. The predicted octanol–water partition coefficient (Wildman–Crippen LogP) is 3.80. The Morgan fingerprint density at radius 1 is 1.00 bits per heavy atom. The van der Waals surface area contributed by atoms with Gasteiger partial charge >= 0.3 is 18.1 Å². The maximum atomic E-state index is 12.7. The first-order valence-electron chi connectivity index (χ1n) is 5.03. The van der Waals surface area contributed by atoms with Gasteiger partial charge in [-0.05, 0) is 12.3 Å². The standard InChI is InChI=1S/C9H14F7N/c1-3-6(2)4-5-17-9(15,16)7(10,11)8(12,13)14/h6,17H,3-5H2,1-2H3. The van der Waals surface area contributed by atoms with Crippen LogP contribution in [-0.2, 0) is 0 Å². The van der Waals surface area contributed by atoms with E-state index in [0.717, 1.165) is 5.32 Å². The second-order valence-corrected chi connectivity index (χ2v) is 3.88. The van der Waals surface area contributed by atoms with Gasteiger partial charge in [-0.2, -0.15) is 30.7 Å². The molecule has 0 spiro atoms. The average Bonchev–Trinajstić information content (AvgIpc) is 2.15. The third-order valence-electron chi connectivity index (χ3n) is 2.43. The zero-order valence-electron chi connectivity index (χ0n) is 9.34. The van der Waals surface area contributed by atoms with Crippen molar-refractivity contribution in [2.24, 2.45) is 5.92 Å². The topological polar surface area (TPSA) is 12.0 Å². The van der Waals surface area contributed by atoms with Crippen molar-refractivity contribution >= 4 is 0 Å². The molecule has 0 amide bonds. The van der Waals surface area contributed by atoms with Crippen LogP contribution in [0.25, 0.3) is 0 Å². The van der Waals surface area contributed by atoms with E-state index < -0.39 is 24.7 Å². The summed E-state index contributed by atoms with van der Waals surface area (Å²) in [5.41, 5.74) is 0. The van der Waals surface area contributed by atoms with Gasteiger partial charge in [0.1, 0.15) is 0 Å². The van der Waals surface area contributed by atoms with Crippen LogP contribution in [0.1, 0.15) is 26.7 Å². The number of hydrogen-bond donors (Lipinski definition) is 1. The van der Waals surface area contributed by atoms with E-state index in [4.69, 9.17) is 0 Å². The molecule has 0 saturated carbocycles. The number of halogens is 7. The molecule has 0 aliphatic heterocycles. The van der Waals surface area contributed by atoms with Gasteiger partial charge in [-0.1, -0.05) is 20.3 Å². The van der Waals surface area contributed by atoms with E-state index in [1.165, 1.54) is 0 Å². The van der Waals surface area contributed by atoms with E-state index in [1.54, 1.807) is 13.8 Å². The average molecular weight is 269 g/mol. The Bertz CT molecular complexity index is 236. The summed E-state index contributed by atoms with van der Waals surface area (Å²) in [4.78, 5) is 0. The summed E-state index contributed by atoms with van der Waals surface area (Å²) in [6, 6.07) is -5.29. The SMILES string of the molecule is CCC(C)CCNC(F)(F)C(F)(F)C(F)(F)F. The van der Waals surface area contributed by atoms with Crippen LogP contribution < -0.4 is 5.32 Å². The quantitative estimate of drug-likeness (QED) is 0.571. The number of hydrogen-bond acceptors (Lipinski definition) is 1. The maximum absolute atomic E-state index is 12.7. The van der Waals surface area contributed by atoms with Gasteiger partial charge in [-0.15, -0.1) is 0 Å². The fourth-order valence-corrected chi connectivity index (χ4v) is 0.969. The van der Waals surface area contributed by atoms with Crippen LogP contribution in [0.5, 0.6) is 0 Å². The molecule has 1 atom stereocenters. The summed E-state index contributed by atoms with van der Waals surface area (Å²) in [5.74, 6) is -6.10. The van der Waals surface area contributed by atoms with Crippen molar-refractivity contribution in [1.29, 1.82) is 0 Å². The van der Waals surface area contributed by atoms with Crippen LogP contribution in [0.15, 0.2) is 0 Å². The molecule has 0 heterocycles. The van der Waals surface area contributed by atoms with Crippen LogP contribution in [0.3, 0.4) is 0 Å². The van der Waals surface area contributed by atoms with Crippen molar-refractivity contribution in [2.75, 3.05) is 6.54 Å². The summed E-state index contributed by atoms with van der Waals surface area (Å²) in [7, 11) is 0. The highest BCUT2D eigenvalue weighted by Gasteiger charge is 2.72. The van der Waals surface area contributed by atoms with Gasteiger partial charge in [-0.25, -0.2) is 0 Å². The molecule has 1 unspecified atom stereocenters. The highest BCUT2D eigenvalue weighted by atomic mass is 19.4. The van der Waals surface area contributed by atoms with Crippen molar-refractivity contribution in [3.8, 4) is 0 Å². The van der Waals surface area contributed by atoms with Crippen LogP contribution in [0.4, 0.5) is 30.7 Å². The van der Waals surface area contributed by atoms with E-state index in [1.807, 2.05) is 0 Å². The molecule has 0 aliphatic rings. The minimum absolute atomic E-state index is 0.0298. The minimum atomic E-state index is -6.28. The van der Waals surface area contributed by atoms with E-state index in [9.17, 15) is 30.7 Å². The zero-order chi connectivity index (χ0) is 13.9. The van der Waals surface area contributed by atoms with Crippen LogP contribution in [-0.4, -0.2) is 24.7 Å². The lowest BCUT2D eigenvalue weighted by Gasteiger charge is -2.28. The van der Waals surface area contributed by atoms with Gasteiger partial charge in [0.25, 0.3) is 0 Å². The highest BCUT2D eigenvalue weighted by molar-refractivity contribution is 4.89. The predicted molar refractivity (Wildman–Crippen MR) is 48.0 cm³/mol. The fraction of sp³-hybridized carbons (Fsp3) is 1.00. The summed E-state index contributed by atoms with van der Waals surface area (Å²) < 4.78 is 85.2. The third kappa shape index (κ3) is 4.01. The van der Waals surface area contributed by atoms with Crippen molar-refractivity contribution in [2.45, 2.75) is 44.8 Å². The smallest absolute Gasteiger partial charge is 0.253 e. The lowest BCUT2D eigenvalue weighted by Crippen LogP contribution is -2.59. The van der Waals surface area contributed by atoms with Gasteiger partial charge < -0.3 is 0 Å². The molecule has 104 valence electrons. The molecule has 17 heavy (non-hydrogen) atoms. The first-order valence-corrected chi connectivity index (χ1v) is 5.03. The Morgan fingerprint density at radius 2 is 1.47 bits per heavy atom. The van der Waals surface area contributed by atoms with E-state index in [0.29, 0.717) is 6.42 Å². The molecule has 0 rings (SSSR count). The molecule has 8 heteroatoms. The molecule has 1 nitrogen and oxygen atoms in total. The van der Waals surface area contributed by atoms with Crippen LogP contribution in [0.2, 0.25) is 0 Å². The van der Waals surface area contributed by atoms with Crippen molar-refractivity contribution in [3.63, 3.8) is 0 Å². The van der Waals surface area contributed by atoms with E-state index >= 15 is 0 Å². The molecule has 0 radical (unpaired) electrons. The highest BCUT2D eigenvalue weighted by Crippen LogP contribution is 2.44. The first kappa shape index (κ1) is 16.5. The molecular weight excluding hydrogens is 255 g/mol. The molecule has 0 aromatic carbocycles. The molecule has 0 fully saturated rings. The van der Waals surface area contributed by atoms with Crippen molar-refractivity contribution < 1.29 is 30.7 Å². The number of nitrogens with one attached hydrogen (secondary N) is 1. The molecule has 0 aromatic heterocycles. The minimum Gasteiger partial charge on any atom is -0.253 e. The number of alkyl halides is 7. The van der Waals surface area contributed by atoms with Gasteiger partial charge in [0.15, 0.2) is 0 Å². The van der Waals surface area contributed by atoms with Gasteiger partial charge in [0, 0.05) is 6.54 Å². The first-order chi connectivity index (χ1) is 7.45. The molecule has 0 aromatic rings. The molecule has 1 N–H and O–H groups in total. The lowest BCUT2D eigenvalue weighted by atomic mass is 10.1. The molecular formula is C9H14F7N. The van der Waals surface area contributed by atoms with Crippen molar-refractivity contribution in [1.82, 2.24) is 5.32 Å². The second kappa shape index (κ2) is 5.41. The fourth-order valence-electron chi connectivity index (χ4n) is 0.969. The third-order valence-corrected chi connectivity index (χ3v) is 2.43. The van der Waals surface area contributed by atoms with Crippen molar-refractivity contribution in [3.05, 3.63) is 0 Å². The molecule has 0 saturated heterocycles. The Balaban J connectivity index is 4.47. The second-order valence-electron chi connectivity index (χ2n) is 3.88. The van der Waals surface area contributed by atoms with E-state index in [-0.39, 0.29) is 12.3 Å². The number of rotatable bonds is 6. The van der Waals surface area contributed by atoms with Gasteiger partial charge in [0.05, 0.1) is 0 Å². The van der Waals surface area contributed by atoms with Gasteiger partial charge in [0.2, 0.25) is 0 Å². The Labute approximate surface area is 94.4 Å². The lowest BCUT2D eigenvalue weighted by molar-refractivity contribution is -0.361. The molecule has 0 aliphatic carbocycles. The molecule has 0 bridgehead atoms. The van der Waals surface area contributed by atoms with E-state index in [2.05, 4.69) is 0 Å². The summed E-state index contributed by atoms with van der Waals surface area (Å²) in [6.07, 6.45) is -5.55. The Hall–Kier alpha value is -0.530. The zero-order valence-corrected chi connectivity index (χ0v) is 9.34. The monoisotopic (exact) mass is 269 g/mol. The summed E-state index contributed by atoms with van der Waals surface area (Å²) in [5, 5.41) is 0.968. The normalized spacial score (nSPS) is 16.1. The Kier molecular flexibility index (Phi) is 5.24. The summed E-state index contributed by atoms with van der Waals surface area (Å²) in [6.45, 7) is 2.84. The summed E-state index contributed by atoms with van der Waals surface area (Å²) >= 11 is 0.